The van der Waals surface area contributed by atoms with Crippen LogP contribution in [0.4, 0.5) is 10.2 Å². The van der Waals surface area contributed by atoms with E-state index in [1.807, 2.05) is 4.90 Å². The van der Waals surface area contributed by atoms with E-state index in [1.165, 1.54) is 0 Å². The molecular weight excluding hydrogens is 311 g/mol. The number of aromatic nitrogens is 4. The van der Waals surface area contributed by atoms with E-state index in [0.717, 1.165) is 44.8 Å². The number of hydrogen-bond donors (Lipinski definition) is 0. The number of nitrogens with zero attached hydrogens (tertiary/aromatic N) is 6. The maximum Gasteiger partial charge on any atom is 0.223 e. The van der Waals surface area contributed by atoms with Crippen LogP contribution in [0, 0.1) is 19.7 Å². The Balaban J connectivity index is 1.44. The van der Waals surface area contributed by atoms with Crippen LogP contribution in [-0.2, 0) is 6.54 Å². The van der Waals surface area contributed by atoms with Crippen LogP contribution in [0.2, 0.25) is 0 Å². The number of halogens is 1. The average molecular weight is 332 g/mol. The summed E-state index contributed by atoms with van der Waals surface area (Å²) >= 11 is 0. The van der Waals surface area contributed by atoms with Gasteiger partial charge in [0, 0.05) is 39.0 Å². The SMILES string of the molecule is Cc1nc(CN2CCN(c3nc(C4CC4)nc(C)c3F)CC2)no1. The lowest BCUT2D eigenvalue weighted by atomic mass is 10.2. The molecule has 2 aliphatic rings. The standard InChI is InChI=1S/C16H21FN6O/c1-10-14(17)16(20-15(18-10)12-3-4-12)23-7-5-22(6-8-23)9-13-19-11(2)24-21-13/h12H,3-9H2,1-2H3. The van der Waals surface area contributed by atoms with Crippen LogP contribution in [-0.4, -0.2) is 51.2 Å². The molecule has 1 aliphatic heterocycles. The normalized spacial score (nSPS) is 19.0. The van der Waals surface area contributed by atoms with Crippen LogP contribution in [0.3, 0.4) is 0 Å². The molecule has 128 valence electrons. The van der Waals surface area contributed by atoms with E-state index in [1.54, 1.807) is 13.8 Å². The smallest absolute Gasteiger partial charge is 0.223 e. The first-order valence-corrected chi connectivity index (χ1v) is 8.40. The predicted molar refractivity (Wildman–Crippen MR) is 85.2 cm³/mol. The topological polar surface area (TPSA) is 71.2 Å². The van der Waals surface area contributed by atoms with Crippen LogP contribution < -0.4 is 4.90 Å². The third-order valence-electron chi connectivity index (χ3n) is 4.57. The summed E-state index contributed by atoms with van der Waals surface area (Å²) < 4.78 is 19.5. The van der Waals surface area contributed by atoms with Gasteiger partial charge in [-0.25, -0.2) is 14.4 Å². The molecule has 2 aromatic rings. The molecule has 3 heterocycles. The first-order valence-electron chi connectivity index (χ1n) is 8.40. The van der Waals surface area contributed by atoms with E-state index in [9.17, 15) is 4.39 Å². The number of aryl methyl sites for hydroxylation is 2. The molecule has 7 nitrogen and oxygen atoms in total. The van der Waals surface area contributed by atoms with Gasteiger partial charge in [0.1, 0.15) is 5.82 Å². The van der Waals surface area contributed by atoms with Crippen LogP contribution >= 0.6 is 0 Å². The summed E-state index contributed by atoms with van der Waals surface area (Å²) in [6, 6.07) is 0. The zero-order valence-electron chi connectivity index (χ0n) is 14.0. The molecule has 0 radical (unpaired) electrons. The Morgan fingerprint density at radius 3 is 2.46 bits per heavy atom. The molecule has 2 aromatic heterocycles. The van der Waals surface area contributed by atoms with E-state index in [-0.39, 0.29) is 5.82 Å². The molecule has 1 saturated heterocycles. The van der Waals surface area contributed by atoms with Gasteiger partial charge in [-0.3, -0.25) is 4.90 Å². The van der Waals surface area contributed by atoms with Crippen molar-refractivity contribution >= 4 is 5.82 Å². The second-order valence-electron chi connectivity index (χ2n) is 6.57. The maximum absolute atomic E-state index is 14.5. The second kappa shape index (κ2) is 6.08. The Morgan fingerprint density at radius 2 is 1.83 bits per heavy atom. The molecule has 2 fully saturated rings. The van der Waals surface area contributed by atoms with Crippen molar-refractivity contribution in [1.29, 1.82) is 0 Å². The molecule has 1 saturated carbocycles. The van der Waals surface area contributed by atoms with E-state index in [0.29, 0.717) is 35.7 Å². The summed E-state index contributed by atoms with van der Waals surface area (Å²) in [6.45, 7) is 7.25. The molecule has 0 unspecified atom stereocenters. The van der Waals surface area contributed by atoms with Crippen LogP contribution in [0.25, 0.3) is 0 Å². The van der Waals surface area contributed by atoms with Gasteiger partial charge in [0.05, 0.1) is 12.2 Å². The minimum Gasteiger partial charge on any atom is -0.352 e. The summed E-state index contributed by atoms with van der Waals surface area (Å²) in [6.07, 6.45) is 2.23. The lowest BCUT2D eigenvalue weighted by Crippen LogP contribution is -2.46. The molecule has 1 aliphatic carbocycles. The number of hydrogen-bond acceptors (Lipinski definition) is 7. The van der Waals surface area contributed by atoms with Crippen molar-refractivity contribution in [2.75, 3.05) is 31.1 Å². The Bertz CT molecular complexity index is 736. The Morgan fingerprint density at radius 1 is 1.08 bits per heavy atom. The van der Waals surface area contributed by atoms with Crippen molar-refractivity contribution in [2.24, 2.45) is 0 Å². The maximum atomic E-state index is 14.5. The summed E-state index contributed by atoms with van der Waals surface area (Å²) in [5.74, 6) is 2.66. The van der Waals surface area contributed by atoms with Gasteiger partial charge in [0.15, 0.2) is 17.5 Å². The molecule has 4 rings (SSSR count). The third kappa shape index (κ3) is 3.10. The summed E-state index contributed by atoms with van der Waals surface area (Å²) in [5, 5.41) is 3.93. The van der Waals surface area contributed by atoms with Crippen LogP contribution in [0.5, 0.6) is 0 Å². The minimum absolute atomic E-state index is 0.290. The summed E-state index contributed by atoms with van der Waals surface area (Å²) in [5.41, 5.74) is 0.451. The van der Waals surface area contributed by atoms with Gasteiger partial charge in [-0.05, 0) is 19.8 Å². The quantitative estimate of drug-likeness (QED) is 0.845. The van der Waals surface area contributed by atoms with Gasteiger partial charge >= 0.3 is 0 Å². The lowest BCUT2D eigenvalue weighted by molar-refractivity contribution is 0.238. The van der Waals surface area contributed by atoms with Crippen LogP contribution in [0.15, 0.2) is 4.52 Å². The van der Waals surface area contributed by atoms with E-state index in [4.69, 9.17) is 4.52 Å². The summed E-state index contributed by atoms with van der Waals surface area (Å²) in [7, 11) is 0. The Hall–Kier alpha value is -2.09. The predicted octanol–water partition coefficient (Wildman–Crippen LogP) is 1.82. The highest BCUT2D eigenvalue weighted by molar-refractivity contribution is 5.43. The van der Waals surface area contributed by atoms with Crippen molar-refractivity contribution in [2.45, 2.75) is 39.2 Å². The fourth-order valence-corrected chi connectivity index (χ4v) is 3.02. The highest BCUT2D eigenvalue weighted by atomic mass is 19.1. The largest absolute Gasteiger partial charge is 0.352 e. The number of piperazine rings is 1. The molecular formula is C16H21FN6O. The highest BCUT2D eigenvalue weighted by Gasteiger charge is 2.30. The van der Waals surface area contributed by atoms with Crippen molar-refractivity contribution < 1.29 is 8.91 Å². The van der Waals surface area contributed by atoms with Gasteiger partial charge in [0.2, 0.25) is 5.89 Å². The number of rotatable bonds is 4. The fraction of sp³-hybridized carbons (Fsp3) is 0.625. The second-order valence-corrected chi connectivity index (χ2v) is 6.57. The van der Waals surface area contributed by atoms with Crippen LogP contribution in [0.1, 0.15) is 42.0 Å². The van der Waals surface area contributed by atoms with E-state index >= 15 is 0 Å². The lowest BCUT2D eigenvalue weighted by Gasteiger charge is -2.35. The molecule has 0 N–H and O–H groups in total. The third-order valence-corrected chi connectivity index (χ3v) is 4.57. The van der Waals surface area contributed by atoms with Crippen molar-refractivity contribution in [1.82, 2.24) is 25.0 Å². The zero-order chi connectivity index (χ0) is 16.7. The van der Waals surface area contributed by atoms with E-state index in [2.05, 4.69) is 25.0 Å². The molecule has 0 bridgehead atoms. The van der Waals surface area contributed by atoms with Gasteiger partial charge in [-0.15, -0.1) is 0 Å². The monoisotopic (exact) mass is 332 g/mol. The molecule has 24 heavy (non-hydrogen) atoms. The highest BCUT2D eigenvalue weighted by Crippen LogP contribution is 2.39. The average Bonchev–Trinajstić information content (AvgIpc) is 3.34. The number of anilines is 1. The molecule has 0 amide bonds. The summed E-state index contributed by atoms with van der Waals surface area (Å²) in [4.78, 5) is 17.3. The van der Waals surface area contributed by atoms with Gasteiger partial charge in [0.25, 0.3) is 0 Å². The zero-order valence-corrected chi connectivity index (χ0v) is 14.0. The molecule has 0 spiro atoms. The minimum atomic E-state index is -0.290. The van der Waals surface area contributed by atoms with Gasteiger partial charge < -0.3 is 9.42 Å². The fourth-order valence-electron chi connectivity index (χ4n) is 3.02. The van der Waals surface area contributed by atoms with Crippen molar-refractivity contribution in [3.05, 3.63) is 29.1 Å². The first-order chi connectivity index (χ1) is 11.6. The first kappa shape index (κ1) is 15.4. The van der Waals surface area contributed by atoms with Crippen molar-refractivity contribution in [3.63, 3.8) is 0 Å². The molecule has 0 atom stereocenters. The van der Waals surface area contributed by atoms with Crippen molar-refractivity contribution in [3.8, 4) is 0 Å². The molecule has 0 aromatic carbocycles. The van der Waals surface area contributed by atoms with Gasteiger partial charge in [-0.1, -0.05) is 5.16 Å². The molecule has 8 heteroatoms. The Kier molecular flexibility index (Phi) is 3.91. The Labute approximate surface area is 139 Å². The van der Waals surface area contributed by atoms with E-state index < -0.39 is 0 Å². The van der Waals surface area contributed by atoms with Gasteiger partial charge in [-0.2, -0.15) is 4.98 Å².